The highest BCUT2D eigenvalue weighted by atomic mass is 16.6. The number of fused-ring (bicyclic) bond motifs is 1. The first-order valence-corrected chi connectivity index (χ1v) is 10.5. The second-order valence-electron chi connectivity index (χ2n) is 7.67. The number of hydrogen-bond donors (Lipinski definition) is 3. The summed E-state index contributed by atoms with van der Waals surface area (Å²) in [5.74, 6) is 1.03. The molecule has 7 nitrogen and oxygen atoms in total. The number of nitrogens with zero attached hydrogens (tertiary/aromatic N) is 1. The molecule has 7 heteroatoms. The number of carbonyl (C=O) groups excluding carboxylic acids is 1. The molecule has 2 aliphatic rings. The van der Waals surface area contributed by atoms with Crippen LogP contribution in [-0.2, 0) is 4.79 Å². The van der Waals surface area contributed by atoms with Crippen molar-refractivity contribution < 1.29 is 24.5 Å². The third kappa shape index (κ3) is 4.43. The average molecular weight is 412 g/mol. The Bertz CT molecular complexity index is 854. The van der Waals surface area contributed by atoms with E-state index in [9.17, 15) is 15.0 Å². The monoisotopic (exact) mass is 412 g/mol. The van der Waals surface area contributed by atoms with Gasteiger partial charge in [-0.05, 0) is 36.1 Å². The van der Waals surface area contributed by atoms with E-state index in [1.165, 1.54) is 0 Å². The van der Waals surface area contributed by atoms with Crippen LogP contribution in [0, 0.1) is 0 Å². The molecule has 1 amide bonds. The Morgan fingerprint density at radius 3 is 2.40 bits per heavy atom. The SMILES string of the molecule is O=C([C@@H](NC(CO)c1ccccc1)C(O)c1ccc2c(c1)OCCO2)N1CCCC1. The van der Waals surface area contributed by atoms with Crippen molar-refractivity contribution in [3.05, 3.63) is 59.7 Å². The molecule has 0 spiro atoms. The maximum absolute atomic E-state index is 13.3. The first-order valence-electron chi connectivity index (χ1n) is 10.5. The third-order valence-electron chi connectivity index (χ3n) is 5.67. The van der Waals surface area contributed by atoms with Crippen molar-refractivity contribution in [2.45, 2.75) is 31.0 Å². The number of hydrogen-bond acceptors (Lipinski definition) is 6. The highest BCUT2D eigenvalue weighted by Gasteiger charge is 2.35. The number of benzene rings is 2. The van der Waals surface area contributed by atoms with E-state index in [1.807, 2.05) is 30.3 Å². The molecule has 4 rings (SSSR count). The zero-order valence-corrected chi connectivity index (χ0v) is 16.9. The Morgan fingerprint density at radius 2 is 1.70 bits per heavy atom. The van der Waals surface area contributed by atoms with Crippen LogP contribution in [0.3, 0.4) is 0 Å². The number of aliphatic hydroxyl groups excluding tert-OH is 2. The van der Waals surface area contributed by atoms with Gasteiger partial charge < -0.3 is 24.6 Å². The largest absolute Gasteiger partial charge is 0.486 e. The van der Waals surface area contributed by atoms with Crippen LogP contribution in [0.4, 0.5) is 0 Å². The number of nitrogens with one attached hydrogen (secondary N) is 1. The molecule has 0 radical (unpaired) electrons. The number of amides is 1. The van der Waals surface area contributed by atoms with E-state index in [2.05, 4.69) is 5.32 Å². The molecule has 2 aromatic rings. The summed E-state index contributed by atoms with van der Waals surface area (Å²) in [6.45, 7) is 2.10. The fourth-order valence-corrected chi connectivity index (χ4v) is 4.02. The molecule has 0 saturated carbocycles. The summed E-state index contributed by atoms with van der Waals surface area (Å²) in [7, 11) is 0. The first kappa shape index (κ1) is 20.7. The summed E-state index contributed by atoms with van der Waals surface area (Å²) in [4.78, 5) is 15.1. The molecule has 160 valence electrons. The van der Waals surface area contributed by atoms with Crippen LogP contribution in [0.25, 0.3) is 0 Å². The van der Waals surface area contributed by atoms with Gasteiger partial charge in [0.25, 0.3) is 0 Å². The number of rotatable bonds is 7. The topological polar surface area (TPSA) is 91.3 Å². The van der Waals surface area contributed by atoms with Gasteiger partial charge in [-0.2, -0.15) is 0 Å². The molecule has 2 heterocycles. The van der Waals surface area contributed by atoms with Gasteiger partial charge in [0.05, 0.1) is 12.6 Å². The van der Waals surface area contributed by atoms with Crippen molar-refractivity contribution in [1.82, 2.24) is 10.2 Å². The van der Waals surface area contributed by atoms with Crippen molar-refractivity contribution in [3.63, 3.8) is 0 Å². The third-order valence-corrected chi connectivity index (χ3v) is 5.67. The zero-order valence-electron chi connectivity index (χ0n) is 16.9. The molecule has 3 N–H and O–H groups in total. The van der Waals surface area contributed by atoms with Crippen LogP contribution in [0.15, 0.2) is 48.5 Å². The second-order valence-corrected chi connectivity index (χ2v) is 7.67. The summed E-state index contributed by atoms with van der Waals surface area (Å²) in [5, 5.41) is 24.4. The van der Waals surface area contributed by atoms with E-state index in [0.717, 1.165) is 18.4 Å². The van der Waals surface area contributed by atoms with Crippen LogP contribution < -0.4 is 14.8 Å². The Hall–Kier alpha value is -2.61. The highest BCUT2D eigenvalue weighted by molar-refractivity contribution is 5.83. The van der Waals surface area contributed by atoms with Crippen LogP contribution in [0.1, 0.15) is 36.1 Å². The number of carbonyl (C=O) groups is 1. The van der Waals surface area contributed by atoms with Crippen LogP contribution >= 0.6 is 0 Å². The van der Waals surface area contributed by atoms with Crippen molar-refractivity contribution in [2.75, 3.05) is 32.9 Å². The number of likely N-dealkylation sites (tertiary alicyclic amines) is 1. The molecule has 1 fully saturated rings. The van der Waals surface area contributed by atoms with Crippen molar-refractivity contribution in [1.29, 1.82) is 0 Å². The van der Waals surface area contributed by atoms with E-state index in [4.69, 9.17) is 9.47 Å². The highest BCUT2D eigenvalue weighted by Crippen LogP contribution is 2.34. The lowest BCUT2D eigenvalue weighted by Crippen LogP contribution is -2.50. The van der Waals surface area contributed by atoms with Gasteiger partial charge in [0.15, 0.2) is 11.5 Å². The Morgan fingerprint density at radius 1 is 1.00 bits per heavy atom. The Balaban J connectivity index is 1.61. The van der Waals surface area contributed by atoms with Crippen LogP contribution in [-0.4, -0.2) is 60.0 Å². The lowest BCUT2D eigenvalue weighted by Gasteiger charge is -2.31. The maximum atomic E-state index is 13.3. The summed E-state index contributed by atoms with van der Waals surface area (Å²) in [5.41, 5.74) is 1.42. The molecule has 2 aliphatic heterocycles. The van der Waals surface area contributed by atoms with Gasteiger partial charge in [0, 0.05) is 13.1 Å². The fourth-order valence-electron chi connectivity index (χ4n) is 4.02. The average Bonchev–Trinajstić information content (AvgIpc) is 3.34. The lowest BCUT2D eigenvalue weighted by atomic mass is 9.98. The standard InChI is InChI=1S/C23H28N2O5/c26-15-18(16-6-2-1-3-7-16)24-21(23(28)25-10-4-5-11-25)22(27)17-8-9-19-20(14-17)30-13-12-29-19/h1-3,6-9,14,18,21-22,24,26-27H,4-5,10-13,15H2/t18?,21-,22?/m0/s1. The van der Waals surface area contributed by atoms with E-state index in [1.54, 1.807) is 23.1 Å². The van der Waals surface area contributed by atoms with E-state index in [-0.39, 0.29) is 12.5 Å². The fraction of sp³-hybridized carbons (Fsp3) is 0.435. The molecule has 3 atom stereocenters. The molecule has 2 aromatic carbocycles. The lowest BCUT2D eigenvalue weighted by molar-refractivity contribution is -0.135. The summed E-state index contributed by atoms with van der Waals surface area (Å²) >= 11 is 0. The van der Waals surface area contributed by atoms with Gasteiger partial charge in [-0.25, -0.2) is 0 Å². The quantitative estimate of drug-likeness (QED) is 0.643. The van der Waals surface area contributed by atoms with Gasteiger partial charge in [0.1, 0.15) is 25.4 Å². The number of aliphatic hydroxyl groups is 2. The van der Waals surface area contributed by atoms with E-state index >= 15 is 0 Å². The van der Waals surface area contributed by atoms with Crippen molar-refractivity contribution >= 4 is 5.91 Å². The van der Waals surface area contributed by atoms with Gasteiger partial charge >= 0.3 is 0 Å². The molecular formula is C23H28N2O5. The Labute approximate surface area is 176 Å². The second kappa shape index (κ2) is 9.47. The summed E-state index contributed by atoms with van der Waals surface area (Å²) in [6, 6.07) is 13.3. The summed E-state index contributed by atoms with van der Waals surface area (Å²) < 4.78 is 11.2. The molecule has 0 bridgehead atoms. The van der Waals surface area contributed by atoms with Gasteiger partial charge in [0.2, 0.25) is 5.91 Å². The molecule has 1 saturated heterocycles. The molecular weight excluding hydrogens is 384 g/mol. The minimum atomic E-state index is -1.10. The zero-order chi connectivity index (χ0) is 20.9. The van der Waals surface area contributed by atoms with Crippen LogP contribution in [0.5, 0.6) is 11.5 Å². The van der Waals surface area contributed by atoms with Gasteiger partial charge in [-0.1, -0.05) is 36.4 Å². The predicted molar refractivity (Wildman–Crippen MR) is 111 cm³/mol. The normalized spacial score (nSPS) is 18.7. The smallest absolute Gasteiger partial charge is 0.242 e. The molecule has 0 aromatic heterocycles. The maximum Gasteiger partial charge on any atom is 0.242 e. The van der Waals surface area contributed by atoms with E-state index in [0.29, 0.717) is 43.4 Å². The van der Waals surface area contributed by atoms with Gasteiger partial charge in [-0.3, -0.25) is 10.1 Å². The van der Waals surface area contributed by atoms with Crippen molar-refractivity contribution in [3.8, 4) is 11.5 Å². The number of ether oxygens (including phenoxy) is 2. The predicted octanol–water partition coefficient (Wildman–Crippen LogP) is 1.81. The molecule has 2 unspecified atom stereocenters. The molecule has 30 heavy (non-hydrogen) atoms. The minimum Gasteiger partial charge on any atom is -0.486 e. The minimum absolute atomic E-state index is 0.163. The summed E-state index contributed by atoms with van der Waals surface area (Å²) in [6.07, 6.45) is 0.813. The van der Waals surface area contributed by atoms with Crippen molar-refractivity contribution in [2.24, 2.45) is 0 Å². The Kier molecular flexibility index (Phi) is 6.52. The molecule has 0 aliphatic carbocycles. The van der Waals surface area contributed by atoms with Crippen LogP contribution in [0.2, 0.25) is 0 Å². The first-order chi connectivity index (χ1) is 14.7. The van der Waals surface area contributed by atoms with Gasteiger partial charge in [-0.15, -0.1) is 0 Å². The van der Waals surface area contributed by atoms with E-state index < -0.39 is 18.2 Å².